The van der Waals surface area contributed by atoms with Crippen LogP contribution in [0.5, 0.6) is 11.5 Å². The van der Waals surface area contributed by atoms with E-state index < -0.39 is 5.92 Å². The summed E-state index contributed by atoms with van der Waals surface area (Å²) in [6.45, 7) is 1.71. The second kappa shape index (κ2) is 4.11. The fraction of sp³-hybridized carbons (Fsp3) is 0.300. The first-order valence-electron chi connectivity index (χ1n) is 4.29. The van der Waals surface area contributed by atoms with Crippen LogP contribution in [0.1, 0.15) is 18.4 Å². The van der Waals surface area contributed by atoms with Crippen molar-refractivity contribution in [1.29, 1.82) is 0 Å². The smallest absolute Gasteiger partial charge is 0.157 e. The third-order valence-corrected chi connectivity index (χ3v) is 2.10. The van der Waals surface area contributed by atoms with Crippen molar-refractivity contribution in [3.63, 3.8) is 0 Å². The van der Waals surface area contributed by atoms with Crippen LogP contribution >= 0.6 is 0 Å². The fourth-order valence-corrected chi connectivity index (χ4v) is 1.25. The van der Waals surface area contributed by atoms with Crippen molar-refractivity contribution >= 4 is 6.29 Å². The molecule has 0 aliphatic heterocycles. The Kier molecular flexibility index (Phi) is 3.09. The lowest BCUT2D eigenvalue weighted by Gasteiger charge is -2.14. The molecule has 0 amide bonds. The summed E-state index contributed by atoms with van der Waals surface area (Å²) >= 11 is 0. The zero-order chi connectivity index (χ0) is 10.7. The molecule has 76 valence electrons. The van der Waals surface area contributed by atoms with Gasteiger partial charge in [-0.25, -0.2) is 0 Å². The normalized spacial score (nSPS) is 14.7. The third kappa shape index (κ3) is 2.03. The Labute approximate surface area is 82.0 Å². The summed E-state index contributed by atoms with van der Waals surface area (Å²) in [4.78, 5) is 10.7. The SMILES string of the molecule is CC(N)C(C=O)c1ccc(O)c(O)c1. The van der Waals surface area contributed by atoms with Gasteiger partial charge in [-0.2, -0.15) is 0 Å². The molecule has 0 aliphatic rings. The monoisotopic (exact) mass is 195 g/mol. The second-order valence-corrected chi connectivity index (χ2v) is 3.27. The summed E-state index contributed by atoms with van der Waals surface area (Å²) in [5.74, 6) is -0.903. The summed E-state index contributed by atoms with van der Waals surface area (Å²) in [7, 11) is 0. The van der Waals surface area contributed by atoms with Gasteiger partial charge in [-0.05, 0) is 24.6 Å². The van der Waals surface area contributed by atoms with E-state index in [9.17, 15) is 9.90 Å². The maximum Gasteiger partial charge on any atom is 0.157 e. The highest BCUT2D eigenvalue weighted by atomic mass is 16.3. The number of nitrogens with two attached hydrogens (primary N) is 1. The van der Waals surface area contributed by atoms with Crippen LogP contribution in [-0.2, 0) is 4.79 Å². The Morgan fingerprint density at radius 1 is 1.36 bits per heavy atom. The van der Waals surface area contributed by atoms with E-state index in [0.717, 1.165) is 6.29 Å². The summed E-state index contributed by atoms with van der Waals surface area (Å²) in [5.41, 5.74) is 6.19. The quantitative estimate of drug-likeness (QED) is 0.490. The highest BCUT2D eigenvalue weighted by Crippen LogP contribution is 2.28. The predicted molar refractivity (Wildman–Crippen MR) is 52.2 cm³/mol. The van der Waals surface area contributed by atoms with Crippen molar-refractivity contribution < 1.29 is 15.0 Å². The van der Waals surface area contributed by atoms with Crippen molar-refractivity contribution in [2.45, 2.75) is 18.9 Å². The van der Waals surface area contributed by atoms with Crippen molar-refractivity contribution in [3.8, 4) is 11.5 Å². The molecule has 0 spiro atoms. The second-order valence-electron chi connectivity index (χ2n) is 3.27. The Morgan fingerprint density at radius 2 is 2.00 bits per heavy atom. The van der Waals surface area contributed by atoms with Gasteiger partial charge in [0.1, 0.15) is 6.29 Å². The van der Waals surface area contributed by atoms with Crippen molar-refractivity contribution in [3.05, 3.63) is 23.8 Å². The van der Waals surface area contributed by atoms with Crippen LogP contribution in [0.25, 0.3) is 0 Å². The van der Waals surface area contributed by atoms with Crippen LogP contribution in [0.2, 0.25) is 0 Å². The van der Waals surface area contributed by atoms with Gasteiger partial charge in [0.05, 0.1) is 5.92 Å². The molecule has 0 aliphatic carbocycles. The lowest BCUT2D eigenvalue weighted by Crippen LogP contribution is -2.25. The van der Waals surface area contributed by atoms with E-state index in [0.29, 0.717) is 5.56 Å². The molecular weight excluding hydrogens is 182 g/mol. The van der Waals surface area contributed by atoms with Gasteiger partial charge >= 0.3 is 0 Å². The highest BCUT2D eigenvalue weighted by molar-refractivity contribution is 5.64. The number of rotatable bonds is 3. The number of phenolic OH excluding ortho intramolecular Hbond substituents is 2. The maximum atomic E-state index is 10.7. The Balaban J connectivity index is 3.05. The van der Waals surface area contributed by atoms with E-state index in [1.807, 2.05) is 0 Å². The molecule has 0 bridgehead atoms. The standard InChI is InChI=1S/C10H13NO3/c1-6(11)8(5-12)7-2-3-9(13)10(14)4-7/h2-6,8,13-14H,11H2,1H3. The van der Waals surface area contributed by atoms with Gasteiger partial charge in [-0.3, -0.25) is 0 Å². The average Bonchev–Trinajstić information content (AvgIpc) is 2.11. The average molecular weight is 195 g/mol. The van der Waals surface area contributed by atoms with E-state index in [4.69, 9.17) is 10.8 Å². The van der Waals surface area contributed by atoms with Crippen LogP contribution in [-0.4, -0.2) is 22.5 Å². The Morgan fingerprint density at radius 3 is 2.43 bits per heavy atom. The summed E-state index contributed by atoms with van der Waals surface area (Å²) in [6.07, 6.45) is 0.733. The zero-order valence-corrected chi connectivity index (χ0v) is 7.84. The fourth-order valence-electron chi connectivity index (χ4n) is 1.25. The van der Waals surface area contributed by atoms with Crippen LogP contribution in [0.3, 0.4) is 0 Å². The number of hydrogen-bond acceptors (Lipinski definition) is 4. The van der Waals surface area contributed by atoms with Gasteiger partial charge in [0.2, 0.25) is 0 Å². The number of benzene rings is 1. The minimum atomic E-state index is -0.457. The third-order valence-electron chi connectivity index (χ3n) is 2.10. The largest absolute Gasteiger partial charge is 0.504 e. The van der Waals surface area contributed by atoms with Gasteiger partial charge in [-0.15, -0.1) is 0 Å². The molecule has 2 unspecified atom stereocenters. The van der Waals surface area contributed by atoms with Gasteiger partial charge in [0.25, 0.3) is 0 Å². The number of phenols is 2. The first kappa shape index (κ1) is 10.5. The molecule has 0 saturated carbocycles. The molecule has 4 N–H and O–H groups in total. The molecule has 0 radical (unpaired) electrons. The molecule has 1 rings (SSSR count). The molecule has 0 fully saturated rings. The van der Waals surface area contributed by atoms with Crippen LogP contribution < -0.4 is 5.73 Å². The minimum absolute atomic E-state index is 0.205. The first-order valence-corrected chi connectivity index (χ1v) is 4.29. The molecule has 4 heteroatoms. The summed E-state index contributed by atoms with van der Waals surface area (Å²) < 4.78 is 0. The van der Waals surface area contributed by atoms with Crippen molar-refractivity contribution in [2.24, 2.45) is 5.73 Å². The number of aldehydes is 1. The van der Waals surface area contributed by atoms with E-state index in [-0.39, 0.29) is 17.5 Å². The van der Waals surface area contributed by atoms with E-state index in [2.05, 4.69) is 0 Å². The summed E-state index contributed by atoms with van der Waals surface area (Å²) in [5, 5.41) is 18.3. The molecule has 14 heavy (non-hydrogen) atoms. The van der Waals surface area contributed by atoms with Crippen LogP contribution in [0.4, 0.5) is 0 Å². The Bertz CT molecular complexity index is 336. The van der Waals surface area contributed by atoms with Crippen LogP contribution in [0.15, 0.2) is 18.2 Å². The topological polar surface area (TPSA) is 83.6 Å². The lowest BCUT2D eigenvalue weighted by atomic mass is 9.94. The molecule has 0 saturated heterocycles. The molecule has 2 atom stereocenters. The summed E-state index contributed by atoms with van der Waals surface area (Å²) in [6, 6.07) is 3.93. The van der Waals surface area contributed by atoms with E-state index in [1.54, 1.807) is 13.0 Å². The molecule has 0 heterocycles. The minimum Gasteiger partial charge on any atom is -0.504 e. The Hall–Kier alpha value is -1.55. The van der Waals surface area contributed by atoms with Gasteiger partial charge in [0.15, 0.2) is 11.5 Å². The van der Waals surface area contributed by atoms with Gasteiger partial charge < -0.3 is 20.7 Å². The maximum absolute atomic E-state index is 10.7. The zero-order valence-electron chi connectivity index (χ0n) is 7.84. The van der Waals surface area contributed by atoms with E-state index in [1.165, 1.54) is 12.1 Å². The molecular formula is C10H13NO3. The number of carbonyl (C=O) groups excluding carboxylic acids is 1. The number of aromatic hydroxyl groups is 2. The molecule has 1 aromatic carbocycles. The van der Waals surface area contributed by atoms with Crippen molar-refractivity contribution in [2.75, 3.05) is 0 Å². The molecule has 4 nitrogen and oxygen atoms in total. The van der Waals surface area contributed by atoms with Crippen molar-refractivity contribution in [1.82, 2.24) is 0 Å². The molecule has 1 aromatic rings. The van der Waals surface area contributed by atoms with Crippen LogP contribution in [0, 0.1) is 0 Å². The van der Waals surface area contributed by atoms with E-state index >= 15 is 0 Å². The molecule has 0 aromatic heterocycles. The number of carbonyl (C=O) groups is 1. The lowest BCUT2D eigenvalue weighted by molar-refractivity contribution is -0.109. The predicted octanol–water partition coefficient (Wildman–Crippen LogP) is 0.728. The highest BCUT2D eigenvalue weighted by Gasteiger charge is 2.16. The van der Waals surface area contributed by atoms with Gasteiger partial charge in [-0.1, -0.05) is 6.07 Å². The van der Waals surface area contributed by atoms with Gasteiger partial charge in [0, 0.05) is 6.04 Å². The number of hydrogen-bond donors (Lipinski definition) is 3. The first-order chi connectivity index (χ1) is 6.56.